The molecule has 3 rings (SSSR count). The van der Waals surface area contributed by atoms with Gasteiger partial charge in [0.25, 0.3) is 0 Å². The predicted molar refractivity (Wildman–Crippen MR) is 113 cm³/mol. The molecule has 0 bridgehead atoms. The van der Waals surface area contributed by atoms with Crippen molar-refractivity contribution in [2.24, 2.45) is 5.92 Å². The lowest BCUT2D eigenvalue weighted by Gasteiger charge is -2.33. The molecule has 1 aliphatic carbocycles. The lowest BCUT2D eigenvalue weighted by Crippen LogP contribution is -2.39. The average molecular weight is 389 g/mol. The third kappa shape index (κ3) is 6.40. The number of para-hydroxylation sites is 2. The maximum absolute atomic E-state index is 12.7. The Morgan fingerprint density at radius 1 is 1.07 bits per heavy atom. The Hall–Kier alpha value is -1.75. The van der Waals surface area contributed by atoms with Gasteiger partial charge in [-0.25, -0.2) is 4.79 Å². The smallest absolute Gasteiger partial charge is 0.412 e. The predicted octanol–water partition coefficient (Wildman–Crippen LogP) is 5.46. The molecule has 0 spiro atoms. The van der Waals surface area contributed by atoms with Crippen LogP contribution in [0.3, 0.4) is 0 Å². The van der Waals surface area contributed by atoms with Gasteiger partial charge in [0.05, 0.1) is 12.3 Å². The standard InChI is InChI=1S/C23H36N2O3/c1-2-17-27-22-14-8-7-12-20(22)24-23(26)28-21-13-6-3-5-11-19(21)18-25-15-9-4-10-16-25/h7-8,12,14,19,21H,2-6,9-11,13,15-18H2,1H3,(H,24,26)/t19-,21-/m1/s1. The quantitative estimate of drug-likeness (QED) is 0.630. The summed E-state index contributed by atoms with van der Waals surface area (Å²) in [5, 5.41) is 2.91. The SMILES string of the molecule is CCCOc1ccccc1NC(=O)O[C@@H]1CCCCC[C@@H]1CN1CCCCC1. The zero-order valence-corrected chi connectivity index (χ0v) is 17.3. The van der Waals surface area contributed by atoms with Crippen molar-refractivity contribution in [2.75, 3.05) is 31.6 Å². The summed E-state index contributed by atoms with van der Waals surface area (Å²) in [5.41, 5.74) is 0.683. The Balaban J connectivity index is 1.58. The van der Waals surface area contributed by atoms with E-state index < -0.39 is 0 Å². The molecule has 0 aromatic heterocycles. The largest absolute Gasteiger partial charge is 0.491 e. The first-order valence-electron chi connectivity index (χ1n) is 11.2. The molecule has 1 saturated carbocycles. The van der Waals surface area contributed by atoms with E-state index in [1.54, 1.807) is 0 Å². The summed E-state index contributed by atoms with van der Waals surface area (Å²) in [6.07, 6.45) is 10.3. The number of likely N-dealkylation sites (tertiary alicyclic amines) is 1. The number of rotatable bonds is 7. The van der Waals surface area contributed by atoms with Crippen LogP contribution < -0.4 is 10.1 Å². The number of hydrogen-bond donors (Lipinski definition) is 1. The van der Waals surface area contributed by atoms with Crippen molar-refractivity contribution in [1.82, 2.24) is 4.90 Å². The van der Waals surface area contributed by atoms with Gasteiger partial charge in [0.15, 0.2) is 0 Å². The number of nitrogens with zero attached hydrogens (tertiary/aromatic N) is 1. The molecule has 0 unspecified atom stereocenters. The highest BCUT2D eigenvalue weighted by atomic mass is 16.6. The molecule has 156 valence electrons. The number of carbonyl (C=O) groups excluding carboxylic acids is 1. The number of hydrogen-bond acceptors (Lipinski definition) is 4. The molecule has 1 aromatic carbocycles. The van der Waals surface area contributed by atoms with Crippen molar-refractivity contribution < 1.29 is 14.3 Å². The van der Waals surface area contributed by atoms with Gasteiger partial charge in [-0.15, -0.1) is 0 Å². The minimum absolute atomic E-state index is 0.00755. The summed E-state index contributed by atoms with van der Waals surface area (Å²) in [6.45, 7) is 6.15. The Labute approximate surface area is 169 Å². The average Bonchev–Trinajstić information content (AvgIpc) is 2.93. The highest BCUT2D eigenvalue weighted by Crippen LogP contribution is 2.29. The van der Waals surface area contributed by atoms with Gasteiger partial charge >= 0.3 is 6.09 Å². The minimum atomic E-state index is -0.358. The van der Waals surface area contributed by atoms with E-state index in [9.17, 15) is 4.79 Å². The van der Waals surface area contributed by atoms with Crippen LogP contribution in [0.4, 0.5) is 10.5 Å². The molecule has 0 radical (unpaired) electrons. The van der Waals surface area contributed by atoms with Crippen LogP contribution in [-0.2, 0) is 4.74 Å². The van der Waals surface area contributed by atoms with Crippen LogP contribution in [0.5, 0.6) is 5.75 Å². The first-order chi connectivity index (χ1) is 13.8. The molecule has 1 N–H and O–H groups in total. The van der Waals surface area contributed by atoms with Crippen LogP contribution >= 0.6 is 0 Å². The van der Waals surface area contributed by atoms with Gasteiger partial charge in [-0.3, -0.25) is 5.32 Å². The maximum atomic E-state index is 12.7. The second-order valence-corrected chi connectivity index (χ2v) is 8.17. The normalized spacial score (nSPS) is 23.6. The van der Waals surface area contributed by atoms with Gasteiger partial charge in [-0.1, -0.05) is 38.3 Å². The van der Waals surface area contributed by atoms with Gasteiger partial charge in [0, 0.05) is 12.5 Å². The number of carbonyl (C=O) groups is 1. The maximum Gasteiger partial charge on any atom is 0.412 e. The van der Waals surface area contributed by atoms with Gasteiger partial charge in [0.2, 0.25) is 0 Å². The van der Waals surface area contributed by atoms with E-state index in [0.29, 0.717) is 24.0 Å². The monoisotopic (exact) mass is 388 g/mol. The summed E-state index contributed by atoms with van der Waals surface area (Å²) < 4.78 is 11.7. The van der Waals surface area contributed by atoms with Crippen molar-refractivity contribution >= 4 is 11.8 Å². The van der Waals surface area contributed by atoms with E-state index in [0.717, 1.165) is 32.2 Å². The van der Waals surface area contributed by atoms with E-state index in [1.807, 2.05) is 24.3 Å². The van der Waals surface area contributed by atoms with Crippen LogP contribution in [0.15, 0.2) is 24.3 Å². The third-order valence-electron chi connectivity index (χ3n) is 5.87. The zero-order valence-electron chi connectivity index (χ0n) is 17.3. The highest BCUT2D eigenvalue weighted by Gasteiger charge is 2.29. The molecule has 1 aromatic rings. The van der Waals surface area contributed by atoms with Crippen molar-refractivity contribution in [2.45, 2.75) is 70.8 Å². The fourth-order valence-electron chi connectivity index (χ4n) is 4.37. The molecular weight excluding hydrogens is 352 g/mol. The second-order valence-electron chi connectivity index (χ2n) is 8.17. The van der Waals surface area contributed by atoms with Crippen LogP contribution in [-0.4, -0.2) is 43.3 Å². The van der Waals surface area contributed by atoms with Crippen LogP contribution in [0, 0.1) is 5.92 Å². The highest BCUT2D eigenvalue weighted by molar-refractivity contribution is 5.86. The molecule has 1 heterocycles. The van der Waals surface area contributed by atoms with Gasteiger partial charge in [-0.05, 0) is 63.7 Å². The molecule has 5 nitrogen and oxygen atoms in total. The van der Waals surface area contributed by atoms with E-state index in [-0.39, 0.29) is 12.2 Å². The van der Waals surface area contributed by atoms with Gasteiger partial charge in [0.1, 0.15) is 11.9 Å². The van der Waals surface area contributed by atoms with Crippen molar-refractivity contribution in [3.63, 3.8) is 0 Å². The Bertz CT molecular complexity index is 601. The fraction of sp³-hybridized carbons (Fsp3) is 0.696. The molecule has 2 aliphatic rings. The molecule has 1 aliphatic heterocycles. The first-order valence-corrected chi connectivity index (χ1v) is 11.2. The summed E-state index contributed by atoms with van der Waals surface area (Å²) in [4.78, 5) is 15.2. The fourth-order valence-corrected chi connectivity index (χ4v) is 4.37. The summed E-state index contributed by atoms with van der Waals surface area (Å²) >= 11 is 0. The summed E-state index contributed by atoms with van der Waals surface area (Å²) in [6, 6.07) is 7.57. The molecule has 5 heteroatoms. The minimum Gasteiger partial charge on any atom is -0.491 e. The number of benzene rings is 1. The van der Waals surface area contributed by atoms with Crippen LogP contribution in [0.1, 0.15) is 64.7 Å². The van der Waals surface area contributed by atoms with E-state index in [2.05, 4.69) is 17.1 Å². The molecule has 28 heavy (non-hydrogen) atoms. The third-order valence-corrected chi connectivity index (χ3v) is 5.87. The lowest BCUT2D eigenvalue weighted by atomic mass is 9.95. The number of anilines is 1. The van der Waals surface area contributed by atoms with Crippen LogP contribution in [0.2, 0.25) is 0 Å². The first kappa shape index (κ1) is 21.0. The second kappa shape index (κ2) is 11.3. The van der Waals surface area contributed by atoms with Gasteiger partial charge in [-0.2, -0.15) is 0 Å². The summed E-state index contributed by atoms with van der Waals surface area (Å²) in [7, 11) is 0. The van der Waals surface area contributed by atoms with Crippen molar-refractivity contribution in [1.29, 1.82) is 0 Å². The Morgan fingerprint density at radius 2 is 1.82 bits per heavy atom. The number of nitrogens with one attached hydrogen (secondary N) is 1. The molecule has 1 saturated heterocycles. The van der Waals surface area contributed by atoms with Gasteiger partial charge < -0.3 is 14.4 Å². The molecule has 1 amide bonds. The number of ether oxygens (including phenoxy) is 2. The number of piperidine rings is 1. The van der Waals surface area contributed by atoms with Crippen molar-refractivity contribution in [3.05, 3.63) is 24.3 Å². The Morgan fingerprint density at radius 3 is 2.64 bits per heavy atom. The molecular formula is C23H36N2O3. The van der Waals surface area contributed by atoms with E-state index >= 15 is 0 Å². The Kier molecular flexibility index (Phi) is 8.46. The topological polar surface area (TPSA) is 50.8 Å². The lowest BCUT2D eigenvalue weighted by molar-refractivity contribution is 0.0471. The number of amides is 1. The van der Waals surface area contributed by atoms with Crippen LogP contribution in [0.25, 0.3) is 0 Å². The van der Waals surface area contributed by atoms with Crippen molar-refractivity contribution in [3.8, 4) is 5.75 Å². The molecule has 2 fully saturated rings. The molecule has 2 atom stereocenters. The summed E-state index contributed by atoms with van der Waals surface area (Å²) in [5.74, 6) is 1.14. The van der Waals surface area contributed by atoms with E-state index in [4.69, 9.17) is 9.47 Å². The zero-order chi connectivity index (χ0) is 19.6. The van der Waals surface area contributed by atoms with E-state index in [1.165, 1.54) is 45.2 Å².